The van der Waals surface area contributed by atoms with Crippen molar-refractivity contribution in [3.63, 3.8) is 0 Å². The molecule has 2 rings (SSSR count). The summed E-state index contributed by atoms with van der Waals surface area (Å²) in [4.78, 5) is 0. The van der Waals surface area contributed by atoms with Crippen molar-refractivity contribution < 1.29 is 0 Å². The van der Waals surface area contributed by atoms with Gasteiger partial charge in [0.25, 0.3) is 0 Å². The number of rotatable bonds is 5. The zero-order valence-electron chi connectivity index (χ0n) is 11.6. The van der Waals surface area contributed by atoms with Crippen molar-refractivity contribution in [3.05, 3.63) is 16.4 Å². The maximum atomic E-state index is 6.43. The maximum Gasteiger partial charge on any atom is 0.0847 e. The third-order valence-corrected chi connectivity index (χ3v) is 7.26. The van der Waals surface area contributed by atoms with E-state index in [-0.39, 0.29) is 5.41 Å². The summed E-state index contributed by atoms with van der Waals surface area (Å²) in [7, 11) is 2.00. The van der Waals surface area contributed by atoms with E-state index in [4.69, 9.17) is 11.6 Å². The lowest BCUT2D eigenvalue weighted by Crippen LogP contribution is -2.36. The standard InChI is InChI=1S/C14H21Br2ClN2/c1-10-13(17)12(19(2)18-10)7-14(8-15,9-16)11-5-3-4-6-11/h11H,3-9H2,1-2H3. The van der Waals surface area contributed by atoms with E-state index in [1.807, 2.05) is 18.7 Å². The molecule has 0 radical (unpaired) electrons. The molecular formula is C14H21Br2ClN2. The molecule has 0 saturated heterocycles. The molecule has 1 aliphatic rings. The molecule has 19 heavy (non-hydrogen) atoms. The average molecular weight is 413 g/mol. The lowest BCUT2D eigenvalue weighted by atomic mass is 9.74. The first-order valence-corrected chi connectivity index (χ1v) is 9.46. The van der Waals surface area contributed by atoms with Crippen LogP contribution in [0.1, 0.15) is 37.1 Å². The van der Waals surface area contributed by atoms with E-state index in [0.29, 0.717) is 0 Å². The number of alkyl halides is 2. The molecule has 1 aliphatic carbocycles. The third-order valence-electron chi connectivity index (χ3n) is 4.53. The maximum absolute atomic E-state index is 6.43. The Morgan fingerprint density at radius 2 is 1.89 bits per heavy atom. The summed E-state index contributed by atoms with van der Waals surface area (Å²) in [6, 6.07) is 0. The van der Waals surface area contributed by atoms with Crippen molar-refractivity contribution in [2.45, 2.75) is 39.0 Å². The summed E-state index contributed by atoms with van der Waals surface area (Å²) in [6.07, 6.45) is 6.40. The van der Waals surface area contributed by atoms with Crippen molar-refractivity contribution in [1.82, 2.24) is 9.78 Å². The second-order valence-corrected chi connectivity index (χ2v) is 7.26. The molecule has 108 valence electrons. The Balaban J connectivity index is 2.29. The Morgan fingerprint density at radius 1 is 1.32 bits per heavy atom. The first-order valence-electron chi connectivity index (χ1n) is 6.84. The van der Waals surface area contributed by atoms with E-state index >= 15 is 0 Å². The minimum Gasteiger partial charge on any atom is -0.271 e. The van der Waals surface area contributed by atoms with Gasteiger partial charge in [-0.3, -0.25) is 4.68 Å². The number of aryl methyl sites for hydroxylation is 2. The monoisotopic (exact) mass is 410 g/mol. The van der Waals surface area contributed by atoms with Crippen LogP contribution in [-0.4, -0.2) is 20.4 Å². The Hall–Kier alpha value is 0.460. The number of halogens is 3. The van der Waals surface area contributed by atoms with Crippen molar-refractivity contribution in [2.24, 2.45) is 18.4 Å². The van der Waals surface area contributed by atoms with Gasteiger partial charge in [0.2, 0.25) is 0 Å². The summed E-state index contributed by atoms with van der Waals surface area (Å²) >= 11 is 13.9. The molecule has 0 bridgehead atoms. The Morgan fingerprint density at radius 3 is 2.32 bits per heavy atom. The van der Waals surface area contributed by atoms with Crippen molar-refractivity contribution in [3.8, 4) is 0 Å². The molecule has 2 nitrogen and oxygen atoms in total. The van der Waals surface area contributed by atoms with Gasteiger partial charge in [-0.1, -0.05) is 56.3 Å². The minimum atomic E-state index is 0.250. The highest BCUT2D eigenvalue weighted by molar-refractivity contribution is 9.09. The van der Waals surface area contributed by atoms with Gasteiger partial charge in [0.15, 0.2) is 0 Å². The molecule has 0 atom stereocenters. The molecule has 1 aromatic heterocycles. The molecular weight excluding hydrogens is 391 g/mol. The van der Waals surface area contributed by atoms with Crippen molar-refractivity contribution >= 4 is 43.5 Å². The predicted molar refractivity (Wildman–Crippen MR) is 88.6 cm³/mol. The van der Waals surface area contributed by atoms with E-state index in [2.05, 4.69) is 37.0 Å². The van der Waals surface area contributed by atoms with Crippen LogP contribution in [0.3, 0.4) is 0 Å². The number of aromatic nitrogens is 2. The van der Waals surface area contributed by atoms with E-state index in [0.717, 1.165) is 33.7 Å². The molecule has 0 N–H and O–H groups in total. The Kier molecular flexibility index (Phi) is 5.41. The van der Waals surface area contributed by atoms with Crippen LogP contribution in [0.15, 0.2) is 0 Å². The van der Waals surface area contributed by atoms with Gasteiger partial charge in [0.1, 0.15) is 0 Å². The van der Waals surface area contributed by atoms with Gasteiger partial charge in [0, 0.05) is 17.7 Å². The quantitative estimate of drug-likeness (QED) is 0.630. The van der Waals surface area contributed by atoms with Crippen LogP contribution < -0.4 is 0 Å². The van der Waals surface area contributed by atoms with E-state index < -0.39 is 0 Å². The van der Waals surface area contributed by atoms with E-state index in [9.17, 15) is 0 Å². The zero-order chi connectivity index (χ0) is 14.0. The molecule has 0 amide bonds. The van der Waals surface area contributed by atoms with Crippen LogP contribution in [0.25, 0.3) is 0 Å². The van der Waals surface area contributed by atoms with Crippen LogP contribution in [0.4, 0.5) is 0 Å². The summed E-state index contributed by atoms with van der Waals surface area (Å²) in [5, 5.41) is 7.30. The van der Waals surface area contributed by atoms with Crippen molar-refractivity contribution in [1.29, 1.82) is 0 Å². The third kappa shape index (κ3) is 3.06. The first kappa shape index (κ1) is 15.8. The normalized spacial score (nSPS) is 17.3. The topological polar surface area (TPSA) is 17.8 Å². The lowest BCUT2D eigenvalue weighted by molar-refractivity contribution is 0.228. The zero-order valence-corrected chi connectivity index (χ0v) is 15.5. The van der Waals surface area contributed by atoms with Crippen LogP contribution in [0, 0.1) is 18.3 Å². The molecule has 5 heteroatoms. The minimum absolute atomic E-state index is 0.250. The van der Waals surface area contributed by atoms with E-state index in [1.54, 1.807) is 0 Å². The van der Waals surface area contributed by atoms with Gasteiger partial charge in [-0.25, -0.2) is 0 Å². The summed E-state index contributed by atoms with van der Waals surface area (Å²) in [6.45, 7) is 1.98. The largest absolute Gasteiger partial charge is 0.271 e. The van der Waals surface area contributed by atoms with Crippen LogP contribution in [0.5, 0.6) is 0 Å². The van der Waals surface area contributed by atoms with Crippen LogP contribution >= 0.6 is 43.5 Å². The molecule has 0 aromatic carbocycles. The first-order chi connectivity index (χ1) is 9.04. The SMILES string of the molecule is Cc1nn(C)c(CC(CBr)(CBr)C2CCCC2)c1Cl. The van der Waals surface area contributed by atoms with Crippen LogP contribution in [0.2, 0.25) is 5.02 Å². The van der Waals surface area contributed by atoms with Gasteiger partial charge >= 0.3 is 0 Å². The molecule has 1 saturated carbocycles. The summed E-state index contributed by atoms with van der Waals surface area (Å²) in [5.41, 5.74) is 2.36. The highest BCUT2D eigenvalue weighted by Crippen LogP contribution is 2.45. The highest BCUT2D eigenvalue weighted by atomic mass is 79.9. The van der Waals surface area contributed by atoms with Gasteiger partial charge in [-0.2, -0.15) is 5.10 Å². The molecule has 1 aromatic rings. The highest BCUT2D eigenvalue weighted by Gasteiger charge is 2.40. The second kappa shape index (κ2) is 6.48. The smallest absolute Gasteiger partial charge is 0.0847 e. The fraction of sp³-hybridized carbons (Fsp3) is 0.786. The fourth-order valence-electron chi connectivity index (χ4n) is 3.24. The Bertz CT molecular complexity index is 435. The summed E-state index contributed by atoms with van der Waals surface area (Å²) in [5.74, 6) is 0.775. The average Bonchev–Trinajstić information content (AvgIpc) is 3.00. The molecule has 1 fully saturated rings. The van der Waals surface area contributed by atoms with Gasteiger partial charge in [0.05, 0.1) is 16.4 Å². The van der Waals surface area contributed by atoms with Crippen LogP contribution in [-0.2, 0) is 13.5 Å². The number of hydrogen-bond donors (Lipinski definition) is 0. The number of hydrogen-bond acceptors (Lipinski definition) is 1. The second-order valence-electron chi connectivity index (χ2n) is 5.76. The lowest BCUT2D eigenvalue weighted by Gasteiger charge is -2.36. The Labute approximate surface area is 137 Å². The van der Waals surface area contributed by atoms with Gasteiger partial charge in [-0.15, -0.1) is 0 Å². The number of nitrogens with zero attached hydrogens (tertiary/aromatic N) is 2. The molecule has 0 aliphatic heterocycles. The molecule has 0 spiro atoms. The summed E-state index contributed by atoms with van der Waals surface area (Å²) < 4.78 is 1.95. The fourth-order valence-corrected chi connectivity index (χ4v) is 5.70. The molecule has 0 unspecified atom stereocenters. The van der Waals surface area contributed by atoms with Gasteiger partial charge < -0.3 is 0 Å². The van der Waals surface area contributed by atoms with Gasteiger partial charge in [-0.05, 0) is 37.5 Å². The predicted octanol–water partition coefficient (Wildman–Crippen LogP) is 4.89. The van der Waals surface area contributed by atoms with E-state index in [1.165, 1.54) is 31.4 Å². The van der Waals surface area contributed by atoms with Crippen molar-refractivity contribution in [2.75, 3.05) is 10.7 Å². The molecule has 1 heterocycles.